The van der Waals surface area contributed by atoms with Crippen molar-refractivity contribution >= 4 is 0 Å². The third-order valence-electron chi connectivity index (χ3n) is 3.02. The molecule has 0 aliphatic carbocycles. The van der Waals surface area contributed by atoms with Crippen LogP contribution in [0.2, 0.25) is 0 Å². The van der Waals surface area contributed by atoms with Crippen LogP contribution in [0, 0.1) is 11.2 Å². The second-order valence-electron chi connectivity index (χ2n) is 5.84. The average molecular weight is 268 g/mol. The SMILES string of the molecule is CNCC(C)(C)CN(C)Cc1ccc(OC)c(F)c1. The van der Waals surface area contributed by atoms with E-state index in [4.69, 9.17) is 4.74 Å². The number of ether oxygens (including phenoxy) is 1. The molecule has 0 atom stereocenters. The summed E-state index contributed by atoms with van der Waals surface area (Å²) in [4.78, 5) is 2.21. The lowest BCUT2D eigenvalue weighted by molar-refractivity contribution is 0.201. The molecule has 0 amide bonds. The molecule has 1 N–H and O–H groups in total. The molecule has 1 aromatic carbocycles. The van der Waals surface area contributed by atoms with Gasteiger partial charge in [0.05, 0.1) is 7.11 Å². The van der Waals surface area contributed by atoms with E-state index in [0.29, 0.717) is 5.75 Å². The van der Waals surface area contributed by atoms with Crippen LogP contribution in [0.25, 0.3) is 0 Å². The maximum absolute atomic E-state index is 13.6. The van der Waals surface area contributed by atoms with Gasteiger partial charge >= 0.3 is 0 Å². The summed E-state index contributed by atoms with van der Waals surface area (Å²) < 4.78 is 18.5. The van der Waals surface area contributed by atoms with Crippen LogP contribution in [-0.4, -0.2) is 39.2 Å². The summed E-state index contributed by atoms with van der Waals surface area (Å²) in [6, 6.07) is 5.13. The molecule has 0 saturated carbocycles. The van der Waals surface area contributed by atoms with Crippen molar-refractivity contribution in [3.8, 4) is 5.75 Å². The zero-order chi connectivity index (χ0) is 14.5. The highest BCUT2D eigenvalue weighted by molar-refractivity contribution is 5.29. The van der Waals surface area contributed by atoms with Crippen LogP contribution in [0.1, 0.15) is 19.4 Å². The zero-order valence-electron chi connectivity index (χ0n) is 12.6. The maximum Gasteiger partial charge on any atom is 0.165 e. The van der Waals surface area contributed by atoms with Crippen molar-refractivity contribution in [2.45, 2.75) is 20.4 Å². The molecular weight excluding hydrogens is 243 g/mol. The molecule has 0 unspecified atom stereocenters. The van der Waals surface area contributed by atoms with E-state index in [1.54, 1.807) is 12.1 Å². The number of benzene rings is 1. The lowest BCUT2D eigenvalue weighted by Gasteiger charge is -2.30. The van der Waals surface area contributed by atoms with Crippen LogP contribution in [0.4, 0.5) is 4.39 Å². The van der Waals surface area contributed by atoms with Crippen molar-refractivity contribution in [1.82, 2.24) is 10.2 Å². The number of hydrogen-bond donors (Lipinski definition) is 1. The van der Waals surface area contributed by atoms with Crippen LogP contribution in [0.5, 0.6) is 5.75 Å². The third-order valence-corrected chi connectivity index (χ3v) is 3.02. The first kappa shape index (κ1) is 15.9. The number of rotatable bonds is 7. The molecule has 0 radical (unpaired) electrons. The predicted octanol–water partition coefficient (Wildman–Crippen LogP) is 2.51. The van der Waals surface area contributed by atoms with Gasteiger partial charge < -0.3 is 15.0 Å². The Morgan fingerprint density at radius 1 is 1.37 bits per heavy atom. The lowest BCUT2D eigenvalue weighted by atomic mass is 9.93. The quantitative estimate of drug-likeness (QED) is 0.822. The van der Waals surface area contributed by atoms with Crippen LogP contribution >= 0.6 is 0 Å². The summed E-state index contributed by atoms with van der Waals surface area (Å²) in [5.74, 6) is -0.00944. The van der Waals surface area contributed by atoms with Crippen molar-refractivity contribution in [2.75, 3.05) is 34.3 Å². The van der Waals surface area contributed by atoms with E-state index in [9.17, 15) is 4.39 Å². The third kappa shape index (κ3) is 5.17. The molecule has 4 heteroatoms. The number of nitrogens with one attached hydrogen (secondary N) is 1. The summed E-state index contributed by atoms with van der Waals surface area (Å²) in [7, 11) is 5.49. The summed E-state index contributed by atoms with van der Waals surface area (Å²) >= 11 is 0. The first-order valence-electron chi connectivity index (χ1n) is 6.53. The standard InChI is InChI=1S/C15H25FN2O/c1-15(2,10-17-3)11-18(4)9-12-6-7-14(19-5)13(16)8-12/h6-8,17H,9-11H2,1-5H3. The van der Waals surface area contributed by atoms with E-state index in [-0.39, 0.29) is 11.2 Å². The first-order chi connectivity index (χ1) is 8.88. The van der Waals surface area contributed by atoms with E-state index in [1.807, 2.05) is 13.1 Å². The van der Waals surface area contributed by atoms with Crippen LogP contribution in [0.3, 0.4) is 0 Å². The largest absolute Gasteiger partial charge is 0.494 e. The Balaban J connectivity index is 2.62. The Labute approximate surface area is 115 Å². The molecule has 0 aliphatic heterocycles. The van der Waals surface area contributed by atoms with Gasteiger partial charge in [-0.3, -0.25) is 0 Å². The van der Waals surface area contributed by atoms with Gasteiger partial charge in [-0.05, 0) is 37.2 Å². The molecular formula is C15H25FN2O. The van der Waals surface area contributed by atoms with Gasteiger partial charge in [-0.2, -0.15) is 0 Å². The normalized spacial score (nSPS) is 11.9. The smallest absolute Gasteiger partial charge is 0.165 e. The fourth-order valence-electron chi connectivity index (χ4n) is 2.44. The number of nitrogens with zero attached hydrogens (tertiary/aromatic N) is 1. The number of halogens is 1. The summed E-state index contributed by atoms with van der Waals surface area (Å²) in [6.07, 6.45) is 0. The van der Waals surface area contributed by atoms with Gasteiger partial charge in [-0.25, -0.2) is 4.39 Å². The van der Waals surface area contributed by atoms with Crippen LogP contribution < -0.4 is 10.1 Å². The Bertz CT molecular complexity index is 407. The molecule has 19 heavy (non-hydrogen) atoms. The van der Waals surface area contributed by atoms with Crippen LogP contribution in [0.15, 0.2) is 18.2 Å². The van der Waals surface area contributed by atoms with Crippen molar-refractivity contribution in [3.05, 3.63) is 29.6 Å². The fourth-order valence-corrected chi connectivity index (χ4v) is 2.44. The lowest BCUT2D eigenvalue weighted by Crippen LogP contribution is -2.37. The first-order valence-corrected chi connectivity index (χ1v) is 6.53. The fraction of sp³-hybridized carbons (Fsp3) is 0.600. The van der Waals surface area contributed by atoms with Crippen molar-refractivity contribution in [3.63, 3.8) is 0 Å². The minimum Gasteiger partial charge on any atom is -0.494 e. The topological polar surface area (TPSA) is 24.5 Å². The molecule has 0 heterocycles. The highest BCUT2D eigenvalue weighted by atomic mass is 19.1. The van der Waals surface area contributed by atoms with E-state index < -0.39 is 0 Å². The summed E-state index contributed by atoms with van der Waals surface area (Å²) in [5.41, 5.74) is 1.15. The van der Waals surface area contributed by atoms with Gasteiger partial charge in [0.1, 0.15) is 0 Å². The Kier molecular flexibility index (Phi) is 5.76. The van der Waals surface area contributed by atoms with Gasteiger partial charge in [-0.15, -0.1) is 0 Å². The number of methoxy groups -OCH3 is 1. The van der Waals surface area contributed by atoms with Gasteiger partial charge in [0.2, 0.25) is 0 Å². The Hall–Kier alpha value is -1.13. The van der Waals surface area contributed by atoms with Crippen LogP contribution in [-0.2, 0) is 6.54 Å². The highest BCUT2D eigenvalue weighted by Gasteiger charge is 2.19. The maximum atomic E-state index is 13.6. The van der Waals surface area contributed by atoms with Gasteiger partial charge in [0.25, 0.3) is 0 Å². The molecule has 0 saturated heterocycles. The zero-order valence-corrected chi connectivity index (χ0v) is 12.6. The molecule has 0 bridgehead atoms. The Morgan fingerprint density at radius 2 is 2.05 bits per heavy atom. The van der Waals surface area contributed by atoms with Gasteiger partial charge in [0, 0.05) is 19.6 Å². The highest BCUT2D eigenvalue weighted by Crippen LogP contribution is 2.20. The summed E-state index contributed by atoms with van der Waals surface area (Å²) in [5, 5.41) is 3.20. The number of hydrogen-bond acceptors (Lipinski definition) is 3. The molecule has 0 spiro atoms. The summed E-state index contributed by atoms with van der Waals surface area (Å²) in [6.45, 7) is 7.06. The second kappa shape index (κ2) is 6.87. The molecule has 1 aromatic rings. The molecule has 108 valence electrons. The minimum atomic E-state index is -0.303. The molecule has 0 aromatic heterocycles. The molecule has 1 rings (SSSR count). The van der Waals surface area contributed by atoms with E-state index in [2.05, 4.69) is 31.1 Å². The molecule has 0 aliphatic rings. The van der Waals surface area contributed by atoms with Crippen molar-refractivity contribution in [1.29, 1.82) is 0 Å². The van der Waals surface area contributed by atoms with Gasteiger partial charge in [-0.1, -0.05) is 19.9 Å². The molecule has 3 nitrogen and oxygen atoms in total. The van der Waals surface area contributed by atoms with E-state index >= 15 is 0 Å². The molecule has 0 fully saturated rings. The minimum absolute atomic E-state index is 0.189. The van der Waals surface area contributed by atoms with E-state index in [0.717, 1.165) is 25.2 Å². The monoisotopic (exact) mass is 268 g/mol. The second-order valence-corrected chi connectivity index (χ2v) is 5.84. The Morgan fingerprint density at radius 3 is 2.58 bits per heavy atom. The van der Waals surface area contributed by atoms with Crippen molar-refractivity contribution < 1.29 is 9.13 Å². The van der Waals surface area contributed by atoms with Gasteiger partial charge in [0.15, 0.2) is 11.6 Å². The van der Waals surface area contributed by atoms with Crippen molar-refractivity contribution in [2.24, 2.45) is 5.41 Å². The predicted molar refractivity (Wildman–Crippen MR) is 77.0 cm³/mol. The van der Waals surface area contributed by atoms with E-state index in [1.165, 1.54) is 7.11 Å². The average Bonchev–Trinajstić information content (AvgIpc) is 2.27.